The number of ketones is 1. The minimum Gasteiger partial charge on any atom is -0.497 e. The minimum atomic E-state index is 0.0824. The van der Waals surface area contributed by atoms with Gasteiger partial charge in [0, 0.05) is 23.1 Å². The Morgan fingerprint density at radius 2 is 1.71 bits per heavy atom. The van der Waals surface area contributed by atoms with Crippen molar-refractivity contribution in [3.05, 3.63) is 72.4 Å². The van der Waals surface area contributed by atoms with Crippen LogP contribution in [-0.2, 0) is 6.54 Å². The number of benzene rings is 2. The Morgan fingerprint density at radius 1 is 1.00 bits per heavy atom. The molecule has 0 aliphatic carbocycles. The number of carbonyl (C=O) groups excluding carboxylic acids is 1. The maximum Gasteiger partial charge on any atom is 0.227 e. The van der Waals surface area contributed by atoms with Gasteiger partial charge in [0.05, 0.1) is 7.11 Å². The molecule has 0 amide bonds. The Balaban J connectivity index is 1.89. The standard InChI is InChI=1S/C18H16NO2/c1-21-16-10-8-15(9-11-16)18(20)13-19-12-4-6-14-5-2-3-7-17(14)19/h2-12H,13H2,1H3/q+1. The van der Waals surface area contributed by atoms with E-state index in [-0.39, 0.29) is 5.78 Å². The van der Waals surface area contributed by atoms with Crippen LogP contribution in [0.5, 0.6) is 5.75 Å². The van der Waals surface area contributed by atoms with E-state index in [1.54, 1.807) is 31.4 Å². The molecule has 0 aliphatic heterocycles. The fraction of sp³-hybridized carbons (Fsp3) is 0.111. The number of para-hydroxylation sites is 1. The highest BCUT2D eigenvalue weighted by molar-refractivity contribution is 5.95. The number of hydrogen-bond acceptors (Lipinski definition) is 2. The molecule has 0 aliphatic rings. The lowest BCUT2D eigenvalue weighted by atomic mass is 10.1. The van der Waals surface area contributed by atoms with Crippen LogP contribution in [-0.4, -0.2) is 12.9 Å². The average Bonchev–Trinajstić information content (AvgIpc) is 2.55. The summed E-state index contributed by atoms with van der Waals surface area (Å²) in [7, 11) is 1.61. The molecule has 3 rings (SSSR count). The monoisotopic (exact) mass is 278 g/mol. The Kier molecular flexibility index (Phi) is 3.65. The highest BCUT2D eigenvalue weighted by atomic mass is 16.5. The molecule has 1 heterocycles. The summed E-state index contributed by atoms with van der Waals surface area (Å²) in [6.45, 7) is 0.327. The van der Waals surface area contributed by atoms with Gasteiger partial charge in [-0.1, -0.05) is 12.1 Å². The van der Waals surface area contributed by atoms with Crippen LogP contribution in [0.15, 0.2) is 66.9 Å². The third-order valence-electron chi connectivity index (χ3n) is 3.51. The summed E-state index contributed by atoms with van der Waals surface area (Å²) in [5.74, 6) is 0.836. The Hall–Kier alpha value is -2.68. The first-order chi connectivity index (χ1) is 10.3. The molecule has 0 saturated heterocycles. The number of rotatable bonds is 4. The maximum absolute atomic E-state index is 12.4. The number of aromatic nitrogens is 1. The van der Waals surface area contributed by atoms with Gasteiger partial charge in [0.2, 0.25) is 17.8 Å². The Labute approximate surface area is 123 Å². The topological polar surface area (TPSA) is 30.2 Å². The normalized spacial score (nSPS) is 10.5. The third-order valence-corrected chi connectivity index (χ3v) is 3.51. The highest BCUT2D eigenvalue weighted by Crippen LogP contribution is 2.12. The van der Waals surface area contributed by atoms with E-state index >= 15 is 0 Å². The van der Waals surface area contributed by atoms with Gasteiger partial charge in [0.15, 0.2) is 6.20 Å². The molecule has 3 heteroatoms. The molecular weight excluding hydrogens is 262 g/mol. The van der Waals surface area contributed by atoms with E-state index in [0.29, 0.717) is 12.1 Å². The number of methoxy groups -OCH3 is 1. The van der Waals surface area contributed by atoms with Crippen molar-refractivity contribution in [2.45, 2.75) is 6.54 Å². The zero-order valence-corrected chi connectivity index (χ0v) is 11.8. The van der Waals surface area contributed by atoms with Gasteiger partial charge in [-0.15, -0.1) is 0 Å². The van der Waals surface area contributed by atoms with Gasteiger partial charge >= 0.3 is 0 Å². The first kappa shape index (κ1) is 13.3. The van der Waals surface area contributed by atoms with Crippen LogP contribution in [0.25, 0.3) is 10.9 Å². The maximum atomic E-state index is 12.4. The van der Waals surface area contributed by atoms with Gasteiger partial charge in [-0.05, 0) is 36.4 Å². The van der Waals surface area contributed by atoms with Crippen LogP contribution in [0, 0.1) is 0 Å². The van der Waals surface area contributed by atoms with Crippen LogP contribution in [0.2, 0.25) is 0 Å². The highest BCUT2D eigenvalue weighted by Gasteiger charge is 2.14. The lowest BCUT2D eigenvalue weighted by molar-refractivity contribution is -0.657. The lowest BCUT2D eigenvalue weighted by Gasteiger charge is -2.03. The average molecular weight is 278 g/mol. The molecule has 0 fully saturated rings. The van der Waals surface area contributed by atoms with Crippen molar-refractivity contribution in [3.8, 4) is 5.75 Å². The summed E-state index contributed by atoms with van der Waals surface area (Å²) in [4.78, 5) is 12.4. The minimum absolute atomic E-state index is 0.0824. The van der Waals surface area contributed by atoms with Gasteiger partial charge in [-0.2, -0.15) is 4.57 Å². The number of Topliss-reactive ketones (excluding diaryl/α,β-unsaturated/α-hetero) is 1. The van der Waals surface area contributed by atoms with Gasteiger partial charge < -0.3 is 4.74 Å². The van der Waals surface area contributed by atoms with E-state index in [0.717, 1.165) is 16.7 Å². The van der Waals surface area contributed by atoms with E-state index < -0.39 is 0 Å². The number of carbonyl (C=O) groups is 1. The summed E-state index contributed by atoms with van der Waals surface area (Å²) in [5.41, 5.74) is 1.75. The quantitative estimate of drug-likeness (QED) is 0.542. The van der Waals surface area contributed by atoms with Crippen molar-refractivity contribution in [2.24, 2.45) is 0 Å². The van der Waals surface area contributed by atoms with Crippen molar-refractivity contribution in [2.75, 3.05) is 7.11 Å². The molecule has 0 unspecified atom stereocenters. The molecule has 0 bridgehead atoms. The molecule has 1 aromatic heterocycles. The van der Waals surface area contributed by atoms with Crippen LogP contribution in [0.3, 0.4) is 0 Å². The van der Waals surface area contributed by atoms with Gasteiger partial charge in [0.1, 0.15) is 5.75 Å². The van der Waals surface area contributed by atoms with Crippen molar-refractivity contribution in [3.63, 3.8) is 0 Å². The first-order valence-corrected chi connectivity index (χ1v) is 6.82. The zero-order valence-electron chi connectivity index (χ0n) is 11.8. The van der Waals surface area contributed by atoms with Crippen molar-refractivity contribution >= 4 is 16.7 Å². The Morgan fingerprint density at radius 3 is 2.48 bits per heavy atom. The summed E-state index contributed by atoms with van der Waals surface area (Å²) < 4.78 is 7.08. The number of pyridine rings is 1. The van der Waals surface area contributed by atoms with Crippen molar-refractivity contribution < 1.29 is 14.1 Å². The van der Waals surface area contributed by atoms with Gasteiger partial charge in [-0.3, -0.25) is 4.79 Å². The summed E-state index contributed by atoms with van der Waals surface area (Å²) in [6, 6.07) is 19.3. The second kappa shape index (κ2) is 5.75. The van der Waals surface area contributed by atoms with Gasteiger partial charge in [-0.25, -0.2) is 0 Å². The predicted octanol–water partition coefficient (Wildman–Crippen LogP) is 3.02. The number of nitrogens with zero attached hydrogens (tertiary/aromatic N) is 1. The summed E-state index contributed by atoms with van der Waals surface area (Å²) >= 11 is 0. The lowest BCUT2D eigenvalue weighted by Crippen LogP contribution is -2.38. The van der Waals surface area contributed by atoms with E-state index in [4.69, 9.17) is 4.74 Å². The first-order valence-electron chi connectivity index (χ1n) is 6.82. The van der Waals surface area contributed by atoms with Crippen LogP contribution < -0.4 is 9.30 Å². The molecule has 3 aromatic rings. The number of hydrogen-bond donors (Lipinski definition) is 0. The Bertz CT molecular complexity index is 773. The number of fused-ring (bicyclic) bond motifs is 1. The molecule has 0 N–H and O–H groups in total. The fourth-order valence-corrected chi connectivity index (χ4v) is 2.38. The third kappa shape index (κ3) is 2.77. The molecular formula is C18H16NO2+. The van der Waals surface area contributed by atoms with E-state index in [2.05, 4.69) is 0 Å². The molecule has 0 spiro atoms. The van der Waals surface area contributed by atoms with E-state index in [9.17, 15) is 4.79 Å². The smallest absolute Gasteiger partial charge is 0.227 e. The zero-order chi connectivity index (χ0) is 14.7. The van der Waals surface area contributed by atoms with E-state index in [1.165, 1.54) is 0 Å². The molecule has 2 aromatic carbocycles. The molecule has 0 atom stereocenters. The van der Waals surface area contributed by atoms with Crippen LogP contribution >= 0.6 is 0 Å². The van der Waals surface area contributed by atoms with Crippen LogP contribution in [0.4, 0.5) is 0 Å². The van der Waals surface area contributed by atoms with Gasteiger partial charge in [0.25, 0.3) is 0 Å². The summed E-state index contributed by atoms with van der Waals surface area (Å²) in [5, 5.41) is 1.13. The van der Waals surface area contributed by atoms with Crippen molar-refractivity contribution in [1.29, 1.82) is 0 Å². The molecule has 3 nitrogen and oxygen atoms in total. The second-order valence-electron chi connectivity index (χ2n) is 4.85. The molecule has 0 radical (unpaired) electrons. The molecule has 21 heavy (non-hydrogen) atoms. The van der Waals surface area contributed by atoms with Crippen molar-refractivity contribution in [1.82, 2.24) is 0 Å². The fourth-order valence-electron chi connectivity index (χ4n) is 2.38. The summed E-state index contributed by atoms with van der Waals surface area (Å²) in [6.07, 6.45) is 1.93. The van der Waals surface area contributed by atoms with E-state index in [1.807, 2.05) is 47.2 Å². The largest absolute Gasteiger partial charge is 0.497 e. The van der Waals surface area contributed by atoms with Crippen LogP contribution in [0.1, 0.15) is 10.4 Å². The second-order valence-corrected chi connectivity index (χ2v) is 4.85. The number of ether oxygens (including phenoxy) is 1. The molecule has 104 valence electrons. The molecule has 0 saturated carbocycles. The predicted molar refractivity (Wildman–Crippen MR) is 81.5 cm³/mol. The SMILES string of the molecule is COc1ccc(C(=O)C[n+]2cccc3ccccc32)cc1.